The van der Waals surface area contributed by atoms with Gasteiger partial charge in [0.2, 0.25) is 0 Å². The summed E-state index contributed by atoms with van der Waals surface area (Å²) in [6, 6.07) is 9.30. The summed E-state index contributed by atoms with van der Waals surface area (Å²) >= 11 is 5.94. The predicted molar refractivity (Wildman–Crippen MR) is 63.7 cm³/mol. The first-order chi connectivity index (χ1) is 7.79. The molecule has 0 saturated carbocycles. The van der Waals surface area contributed by atoms with Crippen molar-refractivity contribution in [2.75, 3.05) is 0 Å². The van der Waals surface area contributed by atoms with E-state index in [0.29, 0.717) is 17.3 Å². The second-order valence-electron chi connectivity index (χ2n) is 3.26. The van der Waals surface area contributed by atoms with E-state index in [4.69, 9.17) is 22.1 Å². The third kappa shape index (κ3) is 2.51. The lowest BCUT2D eigenvalue weighted by Crippen LogP contribution is -1.96. The summed E-state index contributed by atoms with van der Waals surface area (Å²) in [6.45, 7) is 0.487. The molecule has 2 N–H and O–H groups in total. The molecular formula is C12H11ClN2O. The molecule has 1 aromatic carbocycles. The Labute approximate surface area is 98.8 Å². The molecular weight excluding hydrogens is 224 g/mol. The molecule has 4 heteroatoms. The summed E-state index contributed by atoms with van der Waals surface area (Å²) in [6.07, 6.45) is 3.18. The standard InChI is InChI=1S/C12H11ClN2O/c13-11-8-15-5-4-12(11)16-10-3-1-2-9(6-10)7-14/h1-6,8H,7,14H2. The van der Waals surface area contributed by atoms with Gasteiger partial charge in [0.1, 0.15) is 16.5 Å². The molecule has 0 atom stereocenters. The highest BCUT2D eigenvalue weighted by atomic mass is 35.5. The smallest absolute Gasteiger partial charge is 0.149 e. The van der Waals surface area contributed by atoms with Gasteiger partial charge < -0.3 is 10.5 Å². The van der Waals surface area contributed by atoms with E-state index < -0.39 is 0 Å². The lowest BCUT2D eigenvalue weighted by Gasteiger charge is -2.07. The molecule has 0 unspecified atom stereocenters. The molecule has 0 aliphatic heterocycles. The fourth-order valence-corrected chi connectivity index (χ4v) is 1.47. The van der Waals surface area contributed by atoms with Gasteiger partial charge in [-0.25, -0.2) is 0 Å². The molecule has 0 aliphatic carbocycles. The molecule has 1 heterocycles. The highest BCUT2D eigenvalue weighted by Crippen LogP contribution is 2.28. The van der Waals surface area contributed by atoms with E-state index in [9.17, 15) is 0 Å². The summed E-state index contributed by atoms with van der Waals surface area (Å²) < 4.78 is 5.62. The van der Waals surface area contributed by atoms with Gasteiger partial charge in [-0.3, -0.25) is 4.98 Å². The molecule has 16 heavy (non-hydrogen) atoms. The monoisotopic (exact) mass is 234 g/mol. The molecule has 0 fully saturated rings. The predicted octanol–water partition coefficient (Wildman–Crippen LogP) is 2.99. The van der Waals surface area contributed by atoms with Gasteiger partial charge in [-0.15, -0.1) is 0 Å². The number of hydrogen-bond acceptors (Lipinski definition) is 3. The number of hydrogen-bond donors (Lipinski definition) is 1. The van der Waals surface area contributed by atoms with Crippen LogP contribution in [0.4, 0.5) is 0 Å². The molecule has 82 valence electrons. The Morgan fingerprint density at radius 2 is 2.19 bits per heavy atom. The fourth-order valence-electron chi connectivity index (χ4n) is 1.31. The van der Waals surface area contributed by atoms with Gasteiger partial charge in [0, 0.05) is 25.0 Å². The highest BCUT2D eigenvalue weighted by Gasteiger charge is 2.02. The summed E-state index contributed by atoms with van der Waals surface area (Å²) in [5, 5.41) is 0.487. The van der Waals surface area contributed by atoms with E-state index in [1.807, 2.05) is 24.3 Å². The Bertz CT molecular complexity index is 488. The number of nitrogens with zero attached hydrogens (tertiary/aromatic N) is 1. The van der Waals surface area contributed by atoms with Crippen LogP contribution in [0.3, 0.4) is 0 Å². The van der Waals surface area contributed by atoms with E-state index in [1.165, 1.54) is 0 Å². The van der Waals surface area contributed by atoms with Crippen LogP contribution in [0.15, 0.2) is 42.7 Å². The van der Waals surface area contributed by atoms with Gasteiger partial charge >= 0.3 is 0 Å². The van der Waals surface area contributed by atoms with Gasteiger partial charge in [0.15, 0.2) is 0 Å². The van der Waals surface area contributed by atoms with Gasteiger partial charge in [-0.05, 0) is 17.7 Å². The molecule has 1 aromatic heterocycles. The first-order valence-corrected chi connectivity index (χ1v) is 5.24. The highest BCUT2D eigenvalue weighted by molar-refractivity contribution is 6.31. The van der Waals surface area contributed by atoms with Gasteiger partial charge in [-0.1, -0.05) is 23.7 Å². The van der Waals surface area contributed by atoms with E-state index in [2.05, 4.69) is 4.98 Å². The van der Waals surface area contributed by atoms with E-state index >= 15 is 0 Å². The Balaban J connectivity index is 2.24. The number of pyridine rings is 1. The van der Waals surface area contributed by atoms with Crippen LogP contribution < -0.4 is 10.5 Å². The average molecular weight is 235 g/mol. The zero-order chi connectivity index (χ0) is 11.4. The van der Waals surface area contributed by atoms with Crippen molar-refractivity contribution in [1.82, 2.24) is 4.98 Å². The molecule has 0 saturated heterocycles. The maximum Gasteiger partial charge on any atom is 0.149 e. The third-order valence-electron chi connectivity index (χ3n) is 2.10. The topological polar surface area (TPSA) is 48.1 Å². The molecule has 2 rings (SSSR count). The van der Waals surface area contributed by atoms with Crippen molar-refractivity contribution in [2.45, 2.75) is 6.54 Å². The van der Waals surface area contributed by atoms with E-state index in [1.54, 1.807) is 18.5 Å². The van der Waals surface area contributed by atoms with E-state index in [0.717, 1.165) is 11.3 Å². The molecule has 2 aromatic rings. The lowest BCUT2D eigenvalue weighted by atomic mass is 10.2. The Morgan fingerprint density at radius 1 is 1.31 bits per heavy atom. The summed E-state index contributed by atoms with van der Waals surface area (Å²) in [5.41, 5.74) is 6.57. The maximum absolute atomic E-state index is 5.94. The summed E-state index contributed by atoms with van der Waals surface area (Å²) in [7, 11) is 0. The zero-order valence-corrected chi connectivity index (χ0v) is 9.32. The minimum absolute atomic E-state index is 0.487. The first kappa shape index (κ1) is 10.9. The van der Waals surface area contributed by atoms with Gasteiger partial charge in [-0.2, -0.15) is 0 Å². The normalized spacial score (nSPS) is 10.1. The Kier molecular flexibility index (Phi) is 3.39. The molecule has 0 radical (unpaired) electrons. The van der Waals surface area contributed by atoms with Crippen LogP contribution in [0.25, 0.3) is 0 Å². The van der Waals surface area contributed by atoms with Crippen LogP contribution in [0.1, 0.15) is 5.56 Å². The van der Waals surface area contributed by atoms with Crippen LogP contribution in [0.5, 0.6) is 11.5 Å². The van der Waals surface area contributed by atoms with Crippen molar-refractivity contribution in [3.63, 3.8) is 0 Å². The van der Waals surface area contributed by atoms with Gasteiger partial charge in [0.05, 0.1) is 0 Å². The first-order valence-electron chi connectivity index (χ1n) is 4.86. The van der Waals surface area contributed by atoms with Crippen LogP contribution in [0.2, 0.25) is 5.02 Å². The summed E-state index contributed by atoms with van der Waals surface area (Å²) in [5.74, 6) is 1.31. The molecule has 0 aliphatic rings. The van der Waals surface area contributed by atoms with Crippen LogP contribution in [0, 0.1) is 0 Å². The van der Waals surface area contributed by atoms with Crippen LogP contribution in [-0.4, -0.2) is 4.98 Å². The number of nitrogens with two attached hydrogens (primary N) is 1. The Morgan fingerprint density at radius 3 is 2.94 bits per heavy atom. The second kappa shape index (κ2) is 4.96. The lowest BCUT2D eigenvalue weighted by molar-refractivity contribution is 0.481. The summed E-state index contributed by atoms with van der Waals surface area (Å²) in [4.78, 5) is 3.89. The maximum atomic E-state index is 5.94. The van der Waals surface area contributed by atoms with Crippen molar-refractivity contribution >= 4 is 11.6 Å². The number of ether oxygens (including phenoxy) is 1. The largest absolute Gasteiger partial charge is 0.456 e. The number of rotatable bonds is 3. The zero-order valence-electron chi connectivity index (χ0n) is 8.56. The fraction of sp³-hybridized carbons (Fsp3) is 0.0833. The molecule has 0 amide bonds. The molecule has 0 spiro atoms. The average Bonchev–Trinajstić information content (AvgIpc) is 2.32. The molecule has 3 nitrogen and oxygen atoms in total. The van der Waals surface area contributed by atoms with Crippen molar-refractivity contribution in [3.05, 3.63) is 53.3 Å². The van der Waals surface area contributed by atoms with Crippen molar-refractivity contribution in [3.8, 4) is 11.5 Å². The quantitative estimate of drug-likeness (QED) is 0.888. The SMILES string of the molecule is NCc1cccc(Oc2ccncc2Cl)c1. The van der Waals surface area contributed by atoms with E-state index in [-0.39, 0.29) is 0 Å². The van der Waals surface area contributed by atoms with Crippen LogP contribution in [-0.2, 0) is 6.54 Å². The van der Waals surface area contributed by atoms with Crippen molar-refractivity contribution in [1.29, 1.82) is 0 Å². The minimum Gasteiger partial charge on any atom is -0.456 e. The Hall–Kier alpha value is -1.58. The van der Waals surface area contributed by atoms with Crippen LogP contribution >= 0.6 is 11.6 Å². The second-order valence-corrected chi connectivity index (χ2v) is 3.67. The minimum atomic E-state index is 0.487. The van der Waals surface area contributed by atoms with Gasteiger partial charge in [0.25, 0.3) is 0 Å². The number of aromatic nitrogens is 1. The van der Waals surface area contributed by atoms with Crippen molar-refractivity contribution in [2.24, 2.45) is 5.73 Å². The number of halogens is 1. The number of benzene rings is 1. The van der Waals surface area contributed by atoms with Crippen molar-refractivity contribution < 1.29 is 4.74 Å². The third-order valence-corrected chi connectivity index (χ3v) is 2.38. The molecule has 0 bridgehead atoms.